The zero-order valence-electron chi connectivity index (χ0n) is 27.4. The maximum Gasteiger partial charge on any atom is 0.0659 e. The average molecular weight is 567 g/mol. The summed E-state index contributed by atoms with van der Waals surface area (Å²) in [4.78, 5) is 0. The maximum absolute atomic E-state index is 2.59. The van der Waals surface area contributed by atoms with Gasteiger partial charge in [0.15, 0.2) is 0 Å². The molecule has 2 aliphatic rings. The predicted molar refractivity (Wildman–Crippen MR) is 185 cm³/mol. The molecule has 1 aromatic heterocycles. The molecule has 0 N–H and O–H groups in total. The van der Waals surface area contributed by atoms with Crippen LogP contribution < -0.4 is 0 Å². The molecule has 0 nitrogen and oxygen atoms in total. The van der Waals surface area contributed by atoms with Gasteiger partial charge in [-0.25, -0.2) is 0 Å². The highest BCUT2D eigenvalue weighted by atomic mass is 32.1. The van der Waals surface area contributed by atoms with Gasteiger partial charge in [0, 0.05) is 4.70 Å². The first kappa shape index (κ1) is 27.4. The molecule has 2 aliphatic carbocycles. The summed E-state index contributed by atoms with van der Waals surface area (Å²) in [6, 6.07) is 7.10. The highest BCUT2D eigenvalue weighted by Crippen LogP contribution is 2.62. The van der Waals surface area contributed by atoms with E-state index in [4.69, 9.17) is 0 Å². The predicted octanol–water partition coefficient (Wildman–Crippen LogP) is 11.6. The number of benzene rings is 4. The molecule has 1 spiro atoms. The number of allylic oxidation sites excluding steroid dienone is 1. The fourth-order valence-electron chi connectivity index (χ4n) is 8.60. The molecule has 0 saturated carbocycles. The molecule has 0 bridgehead atoms. The van der Waals surface area contributed by atoms with Crippen LogP contribution >= 0.6 is 11.3 Å². The second-order valence-electron chi connectivity index (χ2n) is 13.3. The van der Waals surface area contributed by atoms with Gasteiger partial charge >= 0.3 is 0 Å². The number of hydrogen-bond acceptors (Lipinski definition) is 1. The van der Waals surface area contributed by atoms with E-state index in [0.717, 1.165) is 0 Å². The molecule has 0 radical (unpaired) electrons. The van der Waals surface area contributed by atoms with Crippen LogP contribution in [0.15, 0.2) is 29.7 Å². The molecule has 212 valence electrons. The molecule has 4 aromatic carbocycles. The van der Waals surface area contributed by atoms with Gasteiger partial charge in [-0.15, -0.1) is 11.3 Å². The molecule has 0 unspecified atom stereocenters. The summed E-state index contributed by atoms with van der Waals surface area (Å²) in [5.41, 5.74) is 28.4. The van der Waals surface area contributed by atoms with Crippen molar-refractivity contribution in [1.29, 1.82) is 0 Å². The van der Waals surface area contributed by atoms with Crippen molar-refractivity contribution in [3.05, 3.63) is 119 Å². The van der Waals surface area contributed by atoms with Gasteiger partial charge in [-0.05, 0) is 211 Å². The normalized spacial score (nSPS) is 14.3. The molecule has 1 heteroatoms. The molecule has 0 fully saturated rings. The summed E-state index contributed by atoms with van der Waals surface area (Å²) in [7, 11) is 0. The largest absolute Gasteiger partial charge is 0.143 e. The third-order valence-corrected chi connectivity index (χ3v) is 12.9. The van der Waals surface area contributed by atoms with E-state index in [0.29, 0.717) is 0 Å². The van der Waals surface area contributed by atoms with Crippen molar-refractivity contribution in [2.75, 3.05) is 0 Å². The molecule has 0 atom stereocenters. The lowest BCUT2D eigenvalue weighted by Crippen LogP contribution is -2.30. The topological polar surface area (TPSA) is 0 Å². The van der Waals surface area contributed by atoms with Crippen molar-refractivity contribution in [3.8, 4) is 22.3 Å². The molecule has 7 rings (SSSR count). The Hall–Kier alpha value is -3.42. The minimum absolute atomic E-state index is 0.376. The van der Waals surface area contributed by atoms with E-state index in [-0.39, 0.29) is 5.41 Å². The van der Waals surface area contributed by atoms with Crippen LogP contribution in [0.3, 0.4) is 0 Å². The summed E-state index contributed by atoms with van der Waals surface area (Å²) >= 11 is 1.88. The molecule has 0 amide bonds. The van der Waals surface area contributed by atoms with Crippen LogP contribution in [0, 0.1) is 83.1 Å². The van der Waals surface area contributed by atoms with E-state index >= 15 is 0 Å². The number of rotatable bonds is 0. The second-order valence-corrected chi connectivity index (χ2v) is 14.2. The zero-order chi connectivity index (χ0) is 30.2. The van der Waals surface area contributed by atoms with Crippen molar-refractivity contribution in [2.24, 2.45) is 0 Å². The Morgan fingerprint density at radius 1 is 0.452 bits per heavy atom. The lowest BCUT2D eigenvalue weighted by atomic mass is 9.64. The minimum atomic E-state index is -0.376. The van der Waals surface area contributed by atoms with Crippen molar-refractivity contribution in [2.45, 2.75) is 88.5 Å². The smallest absolute Gasteiger partial charge is 0.0659 e. The number of hydrogen-bond donors (Lipinski definition) is 0. The van der Waals surface area contributed by atoms with Gasteiger partial charge in [0.2, 0.25) is 0 Å². The minimum Gasteiger partial charge on any atom is -0.143 e. The second kappa shape index (κ2) is 8.80. The van der Waals surface area contributed by atoms with Crippen LogP contribution in [-0.4, -0.2) is 0 Å². The summed E-state index contributed by atoms with van der Waals surface area (Å²) in [5.74, 6) is 0. The fourth-order valence-corrected chi connectivity index (χ4v) is 9.52. The summed E-state index contributed by atoms with van der Waals surface area (Å²) in [6.07, 6.45) is 5.05. The Morgan fingerprint density at radius 3 is 1.36 bits per heavy atom. The van der Waals surface area contributed by atoms with Gasteiger partial charge in [0.25, 0.3) is 0 Å². The van der Waals surface area contributed by atoms with E-state index in [2.05, 4.69) is 119 Å². The van der Waals surface area contributed by atoms with Crippen molar-refractivity contribution >= 4 is 27.5 Å². The third-order valence-electron chi connectivity index (χ3n) is 11.9. The average Bonchev–Trinajstić information content (AvgIpc) is 3.58. The molecular weight excluding hydrogens is 525 g/mol. The first-order chi connectivity index (χ1) is 19.9. The Bertz CT molecular complexity index is 1990. The highest BCUT2D eigenvalue weighted by molar-refractivity contribution is 7.17. The monoisotopic (exact) mass is 566 g/mol. The van der Waals surface area contributed by atoms with E-state index in [1.807, 2.05) is 11.3 Å². The SMILES string of the molecule is Cc1c(C)c(C)c2c(c1C)-c1c(C)c(C)c(C)c(C)c1C1(C=Cc3c1ccc1ccsc31)c1c(C)c(C)c(C)c(C)c1-2. The lowest BCUT2D eigenvalue weighted by Gasteiger charge is -2.38. The van der Waals surface area contributed by atoms with Gasteiger partial charge in [-0.3, -0.25) is 0 Å². The Kier molecular flexibility index (Phi) is 5.75. The van der Waals surface area contributed by atoms with Gasteiger partial charge in [0.05, 0.1) is 5.41 Å². The van der Waals surface area contributed by atoms with Crippen LogP contribution in [0.2, 0.25) is 0 Å². The molecule has 0 aliphatic heterocycles. The van der Waals surface area contributed by atoms with E-state index in [1.165, 1.54) is 121 Å². The highest BCUT2D eigenvalue weighted by Gasteiger charge is 2.48. The Labute approximate surface area is 256 Å². The van der Waals surface area contributed by atoms with Crippen LogP contribution in [-0.2, 0) is 5.41 Å². The lowest BCUT2D eigenvalue weighted by molar-refractivity contribution is 0.779. The third kappa shape index (κ3) is 3.03. The van der Waals surface area contributed by atoms with Gasteiger partial charge in [-0.2, -0.15) is 0 Å². The molecule has 0 saturated heterocycles. The van der Waals surface area contributed by atoms with Crippen LogP contribution in [0.25, 0.3) is 38.4 Å². The zero-order valence-corrected chi connectivity index (χ0v) is 28.2. The van der Waals surface area contributed by atoms with Gasteiger partial charge < -0.3 is 0 Å². The summed E-state index contributed by atoms with van der Waals surface area (Å²) < 4.78 is 1.40. The Morgan fingerprint density at radius 2 is 0.881 bits per heavy atom. The summed E-state index contributed by atoms with van der Waals surface area (Å²) in [6.45, 7) is 28.4. The number of thiophene rings is 1. The van der Waals surface area contributed by atoms with E-state index < -0.39 is 0 Å². The molecular formula is C41H42S. The van der Waals surface area contributed by atoms with E-state index in [9.17, 15) is 0 Å². The first-order valence-electron chi connectivity index (χ1n) is 15.4. The quantitative estimate of drug-likeness (QED) is 0.175. The standard InChI is InChI=1S/C41H42S/c1-19-20(2)26(8)35-34(25(19)7)36-27(9)21(3)23(5)29(11)38(36)41(39-30(12)24(6)22(4)28(10)37(35)39)17-15-32-33(41)14-13-31-16-18-42-40(31)32/h13-18H,1-12H3. The van der Waals surface area contributed by atoms with Crippen molar-refractivity contribution in [3.63, 3.8) is 0 Å². The number of fused-ring (bicyclic) bond motifs is 11. The Balaban J connectivity index is 1.88. The van der Waals surface area contributed by atoms with Gasteiger partial charge in [-0.1, -0.05) is 24.3 Å². The summed E-state index contributed by atoms with van der Waals surface area (Å²) in [5, 5.41) is 3.59. The molecule has 5 aromatic rings. The fraction of sp³-hybridized carbons (Fsp3) is 0.317. The van der Waals surface area contributed by atoms with Crippen molar-refractivity contribution < 1.29 is 0 Å². The van der Waals surface area contributed by atoms with Crippen LogP contribution in [0.5, 0.6) is 0 Å². The maximum atomic E-state index is 2.59. The van der Waals surface area contributed by atoms with Gasteiger partial charge in [0.1, 0.15) is 0 Å². The van der Waals surface area contributed by atoms with E-state index in [1.54, 1.807) is 0 Å². The van der Waals surface area contributed by atoms with Crippen molar-refractivity contribution in [1.82, 2.24) is 0 Å². The first-order valence-corrected chi connectivity index (χ1v) is 16.3. The molecule has 1 heterocycles. The molecule has 42 heavy (non-hydrogen) atoms. The van der Waals surface area contributed by atoms with Crippen LogP contribution in [0.1, 0.15) is 89.0 Å². The van der Waals surface area contributed by atoms with Crippen LogP contribution in [0.4, 0.5) is 0 Å².